The molecule has 0 unspecified atom stereocenters. The van der Waals surface area contributed by atoms with E-state index in [-0.39, 0.29) is 5.78 Å². The fourth-order valence-corrected chi connectivity index (χ4v) is 0.897. The number of rotatable bonds is 2. The SMILES string of the molecule is CC=Nc1ncccc1C(C)=O. The van der Waals surface area contributed by atoms with E-state index in [1.165, 1.54) is 6.92 Å². The number of carbonyl (C=O) groups is 1. The van der Waals surface area contributed by atoms with Crippen LogP contribution in [-0.4, -0.2) is 17.0 Å². The Bertz CT molecular complexity index is 318. The fraction of sp³-hybridized carbons (Fsp3) is 0.222. The van der Waals surface area contributed by atoms with Crippen molar-refractivity contribution in [2.75, 3.05) is 0 Å². The number of hydrogen-bond acceptors (Lipinski definition) is 3. The van der Waals surface area contributed by atoms with Gasteiger partial charge in [0.05, 0.1) is 5.56 Å². The number of Topliss-reactive ketones (excluding diaryl/α,β-unsaturated/α-hetero) is 1. The number of carbonyl (C=O) groups excluding carboxylic acids is 1. The van der Waals surface area contributed by atoms with Crippen molar-refractivity contribution >= 4 is 17.8 Å². The number of pyridine rings is 1. The maximum atomic E-state index is 11.0. The van der Waals surface area contributed by atoms with Crippen LogP contribution < -0.4 is 0 Å². The van der Waals surface area contributed by atoms with Crippen molar-refractivity contribution in [2.24, 2.45) is 4.99 Å². The molecule has 0 bridgehead atoms. The summed E-state index contributed by atoms with van der Waals surface area (Å²) < 4.78 is 0. The summed E-state index contributed by atoms with van der Waals surface area (Å²) in [5.74, 6) is 0.483. The third-order valence-corrected chi connectivity index (χ3v) is 1.42. The smallest absolute Gasteiger partial charge is 0.163 e. The predicted molar refractivity (Wildman–Crippen MR) is 48.1 cm³/mol. The van der Waals surface area contributed by atoms with Crippen molar-refractivity contribution < 1.29 is 4.79 Å². The van der Waals surface area contributed by atoms with E-state index in [2.05, 4.69) is 9.98 Å². The van der Waals surface area contributed by atoms with Gasteiger partial charge < -0.3 is 0 Å². The molecule has 0 N–H and O–H groups in total. The van der Waals surface area contributed by atoms with Crippen molar-refractivity contribution in [3.63, 3.8) is 0 Å². The Balaban J connectivity index is 3.17. The Morgan fingerprint density at radius 1 is 1.67 bits per heavy atom. The molecule has 1 heterocycles. The first-order valence-corrected chi connectivity index (χ1v) is 3.70. The average molecular weight is 162 g/mol. The first kappa shape index (κ1) is 8.59. The first-order valence-electron chi connectivity index (χ1n) is 3.70. The highest BCUT2D eigenvalue weighted by molar-refractivity contribution is 5.98. The molecule has 3 heteroatoms. The second kappa shape index (κ2) is 3.76. The zero-order valence-electron chi connectivity index (χ0n) is 7.11. The minimum absolute atomic E-state index is 0.0105. The third kappa shape index (κ3) is 1.75. The Hall–Kier alpha value is -1.51. The van der Waals surface area contributed by atoms with Crippen LogP contribution in [0.2, 0.25) is 0 Å². The summed E-state index contributed by atoms with van der Waals surface area (Å²) in [4.78, 5) is 19.0. The molecule has 0 fully saturated rings. The van der Waals surface area contributed by atoms with Crippen molar-refractivity contribution in [1.82, 2.24) is 4.98 Å². The zero-order valence-corrected chi connectivity index (χ0v) is 7.11. The van der Waals surface area contributed by atoms with Crippen molar-refractivity contribution in [3.8, 4) is 0 Å². The number of nitrogens with zero attached hydrogens (tertiary/aromatic N) is 2. The fourth-order valence-electron chi connectivity index (χ4n) is 0.897. The van der Waals surface area contributed by atoms with E-state index in [4.69, 9.17) is 0 Å². The van der Waals surface area contributed by atoms with Crippen molar-refractivity contribution in [2.45, 2.75) is 13.8 Å². The van der Waals surface area contributed by atoms with E-state index in [1.807, 2.05) is 0 Å². The Kier molecular flexibility index (Phi) is 2.69. The molecule has 0 saturated carbocycles. The summed E-state index contributed by atoms with van der Waals surface area (Å²) in [7, 11) is 0. The van der Waals surface area contributed by atoms with Crippen LogP contribution in [0.4, 0.5) is 5.82 Å². The topological polar surface area (TPSA) is 42.3 Å². The highest BCUT2D eigenvalue weighted by atomic mass is 16.1. The number of ketones is 1. The number of aromatic nitrogens is 1. The van der Waals surface area contributed by atoms with Gasteiger partial charge in [0.15, 0.2) is 11.6 Å². The first-order chi connectivity index (χ1) is 5.75. The van der Waals surface area contributed by atoms with Crippen LogP contribution in [0.3, 0.4) is 0 Å². The summed E-state index contributed by atoms with van der Waals surface area (Å²) in [6.45, 7) is 3.30. The largest absolute Gasteiger partial charge is 0.294 e. The van der Waals surface area contributed by atoms with Crippen LogP contribution >= 0.6 is 0 Å². The van der Waals surface area contributed by atoms with Crippen LogP contribution in [0.5, 0.6) is 0 Å². The van der Waals surface area contributed by atoms with Gasteiger partial charge in [-0.05, 0) is 26.0 Å². The van der Waals surface area contributed by atoms with Crippen LogP contribution in [-0.2, 0) is 0 Å². The van der Waals surface area contributed by atoms with Crippen molar-refractivity contribution in [1.29, 1.82) is 0 Å². The van der Waals surface area contributed by atoms with E-state index in [0.717, 1.165) is 0 Å². The summed E-state index contributed by atoms with van der Waals surface area (Å²) in [6.07, 6.45) is 3.24. The van der Waals surface area contributed by atoms with E-state index in [0.29, 0.717) is 11.4 Å². The lowest BCUT2D eigenvalue weighted by atomic mass is 10.2. The monoisotopic (exact) mass is 162 g/mol. The highest BCUT2D eigenvalue weighted by Gasteiger charge is 2.04. The lowest BCUT2D eigenvalue weighted by molar-refractivity contribution is 0.101. The van der Waals surface area contributed by atoms with Gasteiger partial charge in [0, 0.05) is 12.4 Å². The van der Waals surface area contributed by atoms with Crippen LogP contribution in [0.25, 0.3) is 0 Å². The molecule has 1 aromatic heterocycles. The zero-order chi connectivity index (χ0) is 8.97. The number of hydrogen-bond donors (Lipinski definition) is 0. The predicted octanol–water partition coefficient (Wildman–Crippen LogP) is 2.01. The Morgan fingerprint density at radius 2 is 2.42 bits per heavy atom. The quantitative estimate of drug-likeness (QED) is 0.493. The molecule has 3 nitrogen and oxygen atoms in total. The molecule has 12 heavy (non-hydrogen) atoms. The molecule has 0 radical (unpaired) electrons. The van der Waals surface area contributed by atoms with Crippen LogP contribution in [0.15, 0.2) is 23.3 Å². The van der Waals surface area contributed by atoms with Crippen molar-refractivity contribution in [3.05, 3.63) is 23.9 Å². The summed E-state index contributed by atoms with van der Waals surface area (Å²) >= 11 is 0. The van der Waals surface area contributed by atoms with Gasteiger partial charge in [0.1, 0.15) is 0 Å². The molecule has 0 aromatic carbocycles. The maximum Gasteiger partial charge on any atom is 0.163 e. The second-order valence-electron chi connectivity index (χ2n) is 2.32. The highest BCUT2D eigenvalue weighted by Crippen LogP contribution is 2.14. The molecule has 0 amide bonds. The lowest BCUT2D eigenvalue weighted by Crippen LogP contribution is -1.93. The minimum atomic E-state index is -0.0105. The van der Waals surface area contributed by atoms with E-state index in [1.54, 1.807) is 31.5 Å². The van der Waals surface area contributed by atoms with E-state index < -0.39 is 0 Å². The van der Waals surface area contributed by atoms with Gasteiger partial charge in [-0.25, -0.2) is 9.98 Å². The molecule has 0 atom stereocenters. The minimum Gasteiger partial charge on any atom is -0.294 e. The van der Waals surface area contributed by atoms with Crippen LogP contribution in [0.1, 0.15) is 24.2 Å². The third-order valence-electron chi connectivity index (χ3n) is 1.42. The molecule has 1 aromatic rings. The summed E-state index contributed by atoms with van der Waals surface area (Å²) in [6, 6.07) is 3.45. The lowest BCUT2D eigenvalue weighted by Gasteiger charge is -1.97. The van der Waals surface area contributed by atoms with E-state index in [9.17, 15) is 4.79 Å². The summed E-state index contributed by atoms with van der Waals surface area (Å²) in [5.41, 5.74) is 0.565. The standard InChI is InChI=1S/C9H10N2O/c1-3-10-9-8(7(2)12)5-4-6-11-9/h3-6H,1-2H3. The van der Waals surface area contributed by atoms with E-state index >= 15 is 0 Å². The molecule has 0 aliphatic rings. The molecule has 0 aliphatic heterocycles. The van der Waals surface area contributed by atoms with Gasteiger partial charge in [-0.2, -0.15) is 0 Å². The molecule has 0 saturated heterocycles. The molecular weight excluding hydrogens is 152 g/mol. The Morgan fingerprint density at radius 3 is 3.00 bits per heavy atom. The Labute approximate surface area is 71.2 Å². The molecule has 62 valence electrons. The summed E-state index contributed by atoms with van der Waals surface area (Å²) in [5, 5.41) is 0. The normalized spacial score (nSPS) is 10.5. The molecule has 0 aliphatic carbocycles. The number of aliphatic imine (C=N–C) groups is 1. The van der Waals surface area contributed by atoms with Gasteiger partial charge in [-0.3, -0.25) is 4.79 Å². The van der Waals surface area contributed by atoms with Gasteiger partial charge >= 0.3 is 0 Å². The molecule has 0 spiro atoms. The van der Waals surface area contributed by atoms with Crippen LogP contribution in [0, 0.1) is 0 Å². The van der Waals surface area contributed by atoms with Gasteiger partial charge in [-0.15, -0.1) is 0 Å². The van der Waals surface area contributed by atoms with Gasteiger partial charge in [-0.1, -0.05) is 0 Å². The second-order valence-corrected chi connectivity index (χ2v) is 2.32. The van der Waals surface area contributed by atoms with Gasteiger partial charge in [0.25, 0.3) is 0 Å². The maximum absolute atomic E-state index is 11.0. The van der Waals surface area contributed by atoms with Gasteiger partial charge in [0.2, 0.25) is 0 Å². The molecule has 1 rings (SSSR count). The average Bonchev–Trinajstić information content (AvgIpc) is 2.05. The molecular formula is C9H10N2O.